The molecule has 3 nitrogen and oxygen atoms in total. The monoisotopic (exact) mass is 308 g/mol. The van der Waals surface area contributed by atoms with Crippen molar-refractivity contribution in [2.45, 2.75) is 25.2 Å². The van der Waals surface area contributed by atoms with E-state index in [1.807, 2.05) is 17.0 Å². The maximum atomic E-state index is 12.3. The van der Waals surface area contributed by atoms with Crippen LogP contribution < -0.4 is 5.32 Å². The molecule has 1 aliphatic rings. The minimum Gasteiger partial charge on any atom is -0.329 e. The smallest absolute Gasteiger partial charge is 0.223 e. The van der Waals surface area contributed by atoms with Gasteiger partial charge < -0.3 is 10.2 Å². The maximum Gasteiger partial charge on any atom is 0.223 e. The van der Waals surface area contributed by atoms with Crippen LogP contribution in [0.5, 0.6) is 0 Å². The highest BCUT2D eigenvalue weighted by molar-refractivity contribution is 5.78. The van der Waals surface area contributed by atoms with Crippen LogP contribution in [0.2, 0.25) is 0 Å². The van der Waals surface area contributed by atoms with Gasteiger partial charge in [0.2, 0.25) is 5.91 Å². The van der Waals surface area contributed by atoms with Crippen molar-refractivity contribution in [2.24, 2.45) is 0 Å². The highest BCUT2D eigenvalue weighted by Gasteiger charge is 2.41. The van der Waals surface area contributed by atoms with Crippen LogP contribution in [0.3, 0.4) is 0 Å². The van der Waals surface area contributed by atoms with E-state index in [9.17, 15) is 4.79 Å². The molecule has 1 fully saturated rings. The molecule has 1 saturated heterocycles. The van der Waals surface area contributed by atoms with Crippen LogP contribution in [0.1, 0.15) is 30.9 Å². The van der Waals surface area contributed by atoms with Crippen LogP contribution in [-0.2, 0) is 10.2 Å². The molecule has 2 aromatic rings. The van der Waals surface area contributed by atoms with Crippen LogP contribution in [0, 0.1) is 0 Å². The second kappa shape index (κ2) is 6.97. The molecule has 0 aliphatic carbocycles. The van der Waals surface area contributed by atoms with Crippen LogP contribution >= 0.6 is 0 Å². The predicted molar refractivity (Wildman–Crippen MR) is 93.2 cm³/mol. The number of amides is 1. The number of likely N-dealkylation sites (tertiary alicyclic amines) is 1. The Balaban J connectivity index is 2.01. The van der Waals surface area contributed by atoms with Gasteiger partial charge in [0, 0.05) is 18.4 Å². The molecule has 1 aliphatic heterocycles. The Morgan fingerprint density at radius 1 is 1.00 bits per heavy atom. The van der Waals surface area contributed by atoms with Gasteiger partial charge in [-0.1, -0.05) is 67.6 Å². The van der Waals surface area contributed by atoms with Gasteiger partial charge in [0.15, 0.2) is 0 Å². The number of nitrogens with one attached hydrogen (secondary N) is 1. The lowest BCUT2D eigenvalue weighted by atomic mass is 9.69. The number of hydrogen-bond donors (Lipinski definition) is 1. The molecule has 0 unspecified atom stereocenters. The number of hydrogen-bond acceptors (Lipinski definition) is 2. The highest BCUT2D eigenvalue weighted by Crippen LogP contribution is 2.40. The van der Waals surface area contributed by atoms with E-state index < -0.39 is 0 Å². The van der Waals surface area contributed by atoms with Crippen molar-refractivity contribution in [3.8, 4) is 0 Å². The van der Waals surface area contributed by atoms with E-state index in [1.165, 1.54) is 11.1 Å². The molecule has 0 bridgehead atoms. The van der Waals surface area contributed by atoms with E-state index in [4.69, 9.17) is 0 Å². The molecule has 1 amide bonds. The summed E-state index contributed by atoms with van der Waals surface area (Å²) >= 11 is 0. The largest absolute Gasteiger partial charge is 0.329 e. The highest BCUT2D eigenvalue weighted by atomic mass is 16.2. The topological polar surface area (TPSA) is 32.3 Å². The third kappa shape index (κ3) is 3.15. The molecule has 0 atom stereocenters. The standard InChI is InChI=1S/C20H24N2O/c1-2-21-16-22-15-20(14-13-19(22)23,17-9-5-3-6-10-17)18-11-7-4-8-12-18/h3-12,21H,2,13-16H2,1H3. The minimum absolute atomic E-state index is 0.119. The molecule has 0 spiro atoms. The first kappa shape index (κ1) is 15.8. The normalized spacial score (nSPS) is 17.3. The van der Waals surface area contributed by atoms with Gasteiger partial charge in [-0.2, -0.15) is 0 Å². The second-order valence-electron chi connectivity index (χ2n) is 6.17. The summed E-state index contributed by atoms with van der Waals surface area (Å²) in [5.74, 6) is 0.244. The zero-order valence-electron chi connectivity index (χ0n) is 13.7. The van der Waals surface area contributed by atoms with Crippen molar-refractivity contribution >= 4 is 5.91 Å². The van der Waals surface area contributed by atoms with E-state index in [-0.39, 0.29) is 11.3 Å². The Bertz CT molecular complexity index is 600. The fourth-order valence-corrected chi connectivity index (χ4v) is 3.51. The van der Waals surface area contributed by atoms with Crippen molar-refractivity contribution < 1.29 is 4.79 Å². The molecular weight excluding hydrogens is 284 g/mol. The lowest BCUT2D eigenvalue weighted by molar-refractivity contribution is -0.135. The van der Waals surface area contributed by atoms with Crippen molar-refractivity contribution in [1.29, 1.82) is 0 Å². The second-order valence-corrected chi connectivity index (χ2v) is 6.17. The first-order chi connectivity index (χ1) is 11.3. The summed E-state index contributed by atoms with van der Waals surface area (Å²) in [6, 6.07) is 21.2. The van der Waals surface area contributed by atoms with Gasteiger partial charge in [-0.25, -0.2) is 0 Å². The number of carbonyl (C=O) groups excluding carboxylic acids is 1. The van der Waals surface area contributed by atoms with Gasteiger partial charge in [0.05, 0.1) is 6.67 Å². The lowest BCUT2D eigenvalue weighted by Crippen LogP contribution is -2.52. The third-order valence-electron chi connectivity index (χ3n) is 4.78. The first-order valence-corrected chi connectivity index (χ1v) is 8.36. The Labute approximate surface area is 138 Å². The Morgan fingerprint density at radius 3 is 2.09 bits per heavy atom. The summed E-state index contributed by atoms with van der Waals surface area (Å²) in [6.07, 6.45) is 1.46. The Kier molecular flexibility index (Phi) is 4.77. The molecule has 1 heterocycles. The average Bonchev–Trinajstić information content (AvgIpc) is 2.63. The van der Waals surface area contributed by atoms with Gasteiger partial charge in [-0.3, -0.25) is 4.79 Å². The van der Waals surface area contributed by atoms with Gasteiger partial charge in [-0.15, -0.1) is 0 Å². The summed E-state index contributed by atoms with van der Waals surface area (Å²) < 4.78 is 0. The van der Waals surface area contributed by atoms with Gasteiger partial charge in [0.1, 0.15) is 0 Å². The number of benzene rings is 2. The van der Waals surface area contributed by atoms with Gasteiger partial charge in [-0.05, 0) is 24.1 Å². The molecule has 3 rings (SSSR count). The summed E-state index contributed by atoms with van der Waals surface area (Å²) in [7, 11) is 0. The molecule has 120 valence electrons. The Morgan fingerprint density at radius 2 is 1.57 bits per heavy atom. The summed E-state index contributed by atoms with van der Waals surface area (Å²) in [6.45, 7) is 4.28. The average molecular weight is 308 g/mol. The number of piperidine rings is 1. The summed E-state index contributed by atoms with van der Waals surface area (Å²) in [5, 5.41) is 3.29. The molecule has 0 radical (unpaired) electrons. The molecule has 0 saturated carbocycles. The van der Waals surface area contributed by atoms with Crippen LogP contribution in [0.25, 0.3) is 0 Å². The van der Waals surface area contributed by atoms with Crippen molar-refractivity contribution in [1.82, 2.24) is 10.2 Å². The minimum atomic E-state index is -0.119. The number of rotatable bonds is 5. The lowest BCUT2D eigenvalue weighted by Gasteiger charge is -2.43. The fourth-order valence-electron chi connectivity index (χ4n) is 3.51. The first-order valence-electron chi connectivity index (χ1n) is 8.36. The number of carbonyl (C=O) groups is 1. The van der Waals surface area contributed by atoms with Crippen LogP contribution in [-0.4, -0.2) is 30.6 Å². The predicted octanol–water partition coefficient (Wildman–Crippen LogP) is 3.16. The molecular formula is C20H24N2O. The number of nitrogens with zero attached hydrogens (tertiary/aromatic N) is 1. The van der Waals surface area contributed by atoms with E-state index >= 15 is 0 Å². The molecule has 1 N–H and O–H groups in total. The fraction of sp³-hybridized carbons (Fsp3) is 0.350. The van der Waals surface area contributed by atoms with Gasteiger partial charge >= 0.3 is 0 Å². The Hall–Kier alpha value is -2.13. The van der Waals surface area contributed by atoms with E-state index in [2.05, 4.69) is 60.8 Å². The zero-order valence-corrected chi connectivity index (χ0v) is 13.7. The molecule has 0 aromatic heterocycles. The summed E-state index contributed by atoms with van der Waals surface area (Å²) in [5.41, 5.74) is 2.46. The van der Waals surface area contributed by atoms with E-state index in [0.29, 0.717) is 13.1 Å². The van der Waals surface area contributed by atoms with Gasteiger partial charge in [0.25, 0.3) is 0 Å². The van der Waals surface area contributed by atoms with Crippen molar-refractivity contribution in [3.05, 3.63) is 71.8 Å². The van der Waals surface area contributed by atoms with Crippen LogP contribution in [0.4, 0.5) is 0 Å². The third-order valence-corrected chi connectivity index (χ3v) is 4.78. The maximum absolute atomic E-state index is 12.3. The molecule has 2 aromatic carbocycles. The summed E-state index contributed by atoms with van der Waals surface area (Å²) in [4.78, 5) is 14.3. The zero-order chi connectivity index (χ0) is 16.1. The SMILES string of the molecule is CCNCN1CC(c2ccccc2)(c2ccccc2)CCC1=O. The quantitative estimate of drug-likeness (QED) is 0.920. The van der Waals surface area contributed by atoms with Crippen molar-refractivity contribution in [3.63, 3.8) is 0 Å². The molecule has 3 heteroatoms. The van der Waals surface area contributed by atoms with E-state index in [0.717, 1.165) is 19.5 Å². The molecule has 23 heavy (non-hydrogen) atoms. The van der Waals surface area contributed by atoms with E-state index in [1.54, 1.807) is 0 Å². The van der Waals surface area contributed by atoms with Crippen molar-refractivity contribution in [2.75, 3.05) is 19.8 Å². The van der Waals surface area contributed by atoms with Crippen LogP contribution in [0.15, 0.2) is 60.7 Å².